The molecule has 0 radical (unpaired) electrons. The number of allylic oxidation sites excluding steroid dienone is 4. The number of primary sulfonamides is 1. The van der Waals surface area contributed by atoms with Crippen LogP contribution in [-0.4, -0.2) is 13.4 Å². The van der Waals surface area contributed by atoms with Crippen molar-refractivity contribution in [2.24, 2.45) is 5.14 Å². The van der Waals surface area contributed by atoms with E-state index < -0.39 is 21.8 Å². The zero-order valence-corrected chi connectivity index (χ0v) is 14.3. The Balaban J connectivity index is 1.78. The van der Waals surface area contributed by atoms with Gasteiger partial charge in [0.15, 0.2) is 0 Å². The quantitative estimate of drug-likeness (QED) is 0.879. The van der Waals surface area contributed by atoms with Crippen molar-refractivity contribution in [1.29, 1.82) is 0 Å². The largest absolute Gasteiger partial charge is 0.416 e. The smallest absolute Gasteiger partial charge is 0.255 e. The molecule has 1 aliphatic carbocycles. The lowest BCUT2D eigenvalue weighted by Gasteiger charge is -2.11. The summed E-state index contributed by atoms with van der Waals surface area (Å²) >= 11 is 0. The van der Waals surface area contributed by atoms with E-state index in [9.17, 15) is 21.6 Å². The topological polar surface area (TPSA) is 73.1 Å². The number of benzene rings is 1. The van der Waals surface area contributed by atoms with Crippen molar-refractivity contribution in [2.45, 2.75) is 23.9 Å². The number of alkyl halides is 3. The van der Waals surface area contributed by atoms with E-state index in [0.29, 0.717) is 18.5 Å². The molecule has 1 aromatic heterocycles. The number of sulfonamides is 1. The third-order valence-electron chi connectivity index (χ3n) is 4.05. The highest BCUT2D eigenvalue weighted by atomic mass is 32.2. The van der Waals surface area contributed by atoms with E-state index in [1.165, 1.54) is 24.4 Å². The van der Waals surface area contributed by atoms with Crippen molar-refractivity contribution < 1.29 is 21.6 Å². The minimum atomic E-state index is -4.36. The fourth-order valence-electron chi connectivity index (χ4n) is 2.74. The third-order valence-corrected chi connectivity index (χ3v) is 4.95. The van der Waals surface area contributed by atoms with Crippen LogP contribution in [0.5, 0.6) is 0 Å². The predicted molar refractivity (Wildman–Crippen MR) is 91.4 cm³/mol. The monoisotopic (exact) mass is 380 g/mol. The Bertz CT molecular complexity index is 975. The van der Waals surface area contributed by atoms with E-state index in [1.54, 1.807) is 6.07 Å². The first-order chi connectivity index (χ1) is 12.1. The summed E-state index contributed by atoms with van der Waals surface area (Å²) < 4.78 is 60.5. The number of hydrogen-bond donors (Lipinski definition) is 1. The summed E-state index contributed by atoms with van der Waals surface area (Å²) in [6.07, 6.45) is 1.90. The number of hydrogen-bond acceptors (Lipinski definition) is 3. The minimum absolute atomic E-state index is 0.0758. The molecular formula is C18H15F3N2O2S. The normalized spacial score (nSPS) is 14.9. The van der Waals surface area contributed by atoms with E-state index in [4.69, 9.17) is 5.14 Å². The van der Waals surface area contributed by atoms with Gasteiger partial charge in [-0.3, -0.25) is 4.98 Å². The van der Waals surface area contributed by atoms with E-state index in [-0.39, 0.29) is 4.90 Å². The molecule has 1 heterocycles. The summed E-state index contributed by atoms with van der Waals surface area (Å²) in [6, 6.07) is 7.99. The number of nitrogens with two attached hydrogens (primary N) is 1. The molecule has 2 N–H and O–H groups in total. The lowest BCUT2D eigenvalue weighted by Crippen LogP contribution is -2.12. The first-order valence-corrected chi connectivity index (χ1v) is 9.24. The molecule has 4 nitrogen and oxygen atoms in total. The van der Waals surface area contributed by atoms with Gasteiger partial charge in [-0.05, 0) is 53.8 Å². The van der Waals surface area contributed by atoms with Gasteiger partial charge in [0, 0.05) is 6.20 Å². The van der Waals surface area contributed by atoms with Crippen LogP contribution in [0.3, 0.4) is 0 Å². The molecule has 0 aliphatic heterocycles. The second kappa shape index (κ2) is 6.69. The fraction of sp³-hybridized carbons (Fsp3) is 0.167. The molecule has 1 aromatic carbocycles. The number of pyridine rings is 1. The van der Waals surface area contributed by atoms with Crippen LogP contribution in [0.1, 0.15) is 23.2 Å². The van der Waals surface area contributed by atoms with Gasteiger partial charge in [-0.25, -0.2) is 13.6 Å². The van der Waals surface area contributed by atoms with Gasteiger partial charge in [0.1, 0.15) is 4.90 Å². The summed E-state index contributed by atoms with van der Waals surface area (Å²) in [5.41, 5.74) is 2.43. The van der Waals surface area contributed by atoms with E-state index in [0.717, 1.165) is 28.8 Å². The van der Waals surface area contributed by atoms with Crippen molar-refractivity contribution >= 4 is 15.6 Å². The Morgan fingerprint density at radius 2 is 1.73 bits per heavy atom. The zero-order chi connectivity index (χ0) is 18.9. The van der Waals surface area contributed by atoms with Crippen molar-refractivity contribution in [1.82, 2.24) is 4.98 Å². The second-order valence-corrected chi connectivity index (χ2v) is 7.44. The first-order valence-electron chi connectivity index (χ1n) is 7.69. The van der Waals surface area contributed by atoms with Crippen molar-refractivity contribution in [3.05, 3.63) is 77.1 Å². The molecule has 136 valence electrons. The molecule has 1 aliphatic rings. The maximum absolute atomic E-state index is 12.6. The Morgan fingerprint density at radius 3 is 2.27 bits per heavy atom. The summed E-state index contributed by atoms with van der Waals surface area (Å²) in [5.74, 6) is 0. The Labute approximate surface area is 148 Å². The van der Waals surface area contributed by atoms with Gasteiger partial charge in [0.25, 0.3) is 0 Å². The maximum atomic E-state index is 12.6. The van der Waals surface area contributed by atoms with Crippen LogP contribution < -0.4 is 5.14 Å². The minimum Gasteiger partial charge on any atom is -0.255 e. The average molecular weight is 380 g/mol. The van der Waals surface area contributed by atoms with Gasteiger partial charge in [-0.1, -0.05) is 24.3 Å². The highest BCUT2D eigenvalue weighted by Gasteiger charge is 2.30. The van der Waals surface area contributed by atoms with Crippen LogP contribution in [0.25, 0.3) is 5.57 Å². The zero-order valence-electron chi connectivity index (χ0n) is 13.5. The highest BCUT2D eigenvalue weighted by Crippen LogP contribution is 2.32. The van der Waals surface area contributed by atoms with Crippen molar-refractivity contribution in [2.75, 3.05) is 0 Å². The molecule has 8 heteroatoms. The van der Waals surface area contributed by atoms with Gasteiger partial charge >= 0.3 is 6.18 Å². The van der Waals surface area contributed by atoms with Crippen LogP contribution in [0.15, 0.2) is 65.2 Å². The summed E-state index contributed by atoms with van der Waals surface area (Å²) in [6.45, 7) is 0. The third kappa shape index (κ3) is 4.03. The average Bonchev–Trinajstić information content (AvgIpc) is 3.02. The van der Waals surface area contributed by atoms with Crippen LogP contribution in [-0.2, 0) is 22.6 Å². The van der Waals surface area contributed by atoms with E-state index in [2.05, 4.69) is 4.98 Å². The molecule has 0 atom stereocenters. The molecule has 26 heavy (non-hydrogen) atoms. The van der Waals surface area contributed by atoms with Crippen LogP contribution in [0, 0.1) is 0 Å². The van der Waals surface area contributed by atoms with Gasteiger partial charge in [0.05, 0.1) is 11.3 Å². The number of nitrogens with zero attached hydrogens (tertiary/aromatic N) is 1. The molecule has 3 rings (SSSR count). The standard InChI is InChI=1S/C18H15F3N2O2S/c19-18(20,21)14-6-4-12(5-7-14)10-13-2-1-3-16(13)17-9-8-15(11-23-17)26(22,24)25/h2-9,11H,1,10H2,(H2,22,24,25). The van der Waals surface area contributed by atoms with Gasteiger partial charge in [-0.15, -0.1) is 0 Å². The molecule has 0 saturated carbocycles. The van der Waals surface area contributed by atoms with Crippen molar-refractivity contribution in [3.8, 4) is 0 Å². The second-order valence-electron chi connectivity index (χ2n) is 5.88. The summed E-state index contributed by atoms with van der Waals surface area (Å²) in [4.78, 5) is 4.07. The summed E-state index contributed by atoms with van der Waals surface area (Å²) in [7, 11) is -3.81. The molecule has 2 aromatic rings. The van der Waals surface area contributed by atoms with Crippen LogP contribution >= 0.6 is 0 Å². The Hall–Kier alpha value is -2.45. The highest BCUT2D eigenvalue weighted by molar-refractivity contribution is 7.89. The van der Waals surface area contributed by atoms with E-state index >= 15 is 0 Å². The molecule has 0 spiro atoms. The van der Waals surface area contributed by atoms with E-state index in [1.807, 2.05) is 12.2 Å². The lowest BCUT2D eigenvalue weighted by atomic mass is 9.97. The molecule has 0 saturated heterocycles. The van der Waals surface area contributed by atoms with Crippen LogP contribution in [0.2, 0.25) is 0 Å². The molecule has 0 bridgehead atoms. The summed E-state index contributed by atoms with van der Waals surface area (Å²) in [5, 5.41) is 5.06. The maximum Gasteiger partial charge on any atom is 0.416 e. The number of halogens is 3. The molecule has 0 amide bonds. The molecule has 0 fully saturated rings. The number of aromatic nitrogens is 1. The SMILES string of the molecule is NS(=O)(=O)c1ccc(C2=CCC=C2Cc2ccc(C(F)(F)F)cc2)nc1. The van der Waals surface area contributed by atoms with Gasteiger partial charge in [-0.2, -0.15) is 13.2 Å². The Morgan fingerprint density at radius 1 is 1.04 bits per heavy atom. The molecular weight excluding hydrogens is 365 g/mol. The fourth-order valence-corrected chi connectivity index (χ4v) is 3.19. The number of rotatable bonds is 4. The van der Waals surface area contributed by atoms with Crippen LogP contribution in [0.4, 0.5) is 13.2 Å². The van der Waals surface area contributed by atoms with Gasteiger partial charge in [0.2, 0.25) is 10.0 Å². The molecule has 0 unspecified atom stereocenters. The predicted octanol–water partition coefficient (Wildman–Crippen LogP) is 3.70. The first kappa shape index (κ1) is 18.3. The Kier molecular flexibility index (Phi) is 4.72. The lowest BCUT2D eigenvalue weighted by molar-refractivity contribution is -0.137. The van der Waals surface area contributed by atoms with Gasteiger partial charge < -0.3 is 0 Å². The van der Waals surface area contributed by atoms with Crippen molar-refractivity contribution in [3.63, 3.8) is 0 Å².